The molecule has 2 amide bonds. The summed E-state index contributed by atoms with van der Waals surface area (Å²) in [6.45, 7) is 13.1. The fourth-order valence-corrected chi connectivity index (χ4v) is 4.19. The number of nitrogens with one attached hydrogen (secondary N) is 2. The molecule has 2 unspecified atom stereocenters. The van der Waals surface area contributed by atoms with Gasteiger partial charge in [-0.1, -0.05) is 70.2 Å². The third-order valence-electron chi connectivity index (χ3n) is 6.69. The Labute approximate surface area is 235 Å². The van der Waals surface area contributed by atoms with Crippen molar-refractivity contribution in [3.63, 3.8) is 0 Å². The maximum atomic E-state index is 13.6. The van der Waals surface area contributed by atoms with E-state index in [1.807, 2.05) is 61.6 Å². The number of likely N-dealkylation sites (N-methyl/N-ethyl adjacent to an activating group) is 1. The zero-order valence-electron chi connectivity index (χ0n) is 24.9. The molecule has 7 nitrogen and oxygen atoms in total. The number of rotatable bonds is 16. The minimum absolute atomic E-state index is 0.153. The van der Waals surface area contributed by atoms with Crippen LogP contribution in [0.1, 0.15) is 65.5 Å². The van der Waals surface area contributed by atoms with Crippen LogP contribution in [0, 0.1) is 11.8 Å². The van der Waals surface area contributed by atoms with Gasteiger partial charge in [0, 0.05) is 6.42 Å². The monoisotopic (exact) mass is 539 g/mol. The van der Waals surface area contributed by atoms with E-state index in [9.17, 15) is 14.7 Å². The Hall–Kier alpha value is -2.90. The van der Waals surface area contributed by atoms with Crippen LogP contribution in [-0.2, 0) is 22.6 Å². The third kappa shape index (κ3) is 11.8. The molecule has 2 rings (SSSR count). The fourth-order valence-electron chi connectivity index (χ4n) is 4.19. The lowest BCUT2D eigenvalue weighted by atomic mass is 9.99. The van der Waals surface area contributed by atoms with Crippen LogP contribution in [0.4, 0.5) is 0 Å². The van der Waals surface area contributed by atoms with E-state index in [4.69, 9.17) is 4.74 Å². The molecule has 216 valence electrons. The molecule has 0 aromatic heterocycles. The average Bonchev–Trinajstić information content (AvgIpc) is 2.89. The molecule has 0 bridgehead atoms. The van der Waals surface area contributed by atoms with Crippen molar-refractivity contribution < 1.29 is 19.4 Å². The second-order valence-electron chi connectivity index (χ2n) is 12.0. The van der Waals surface area contributed by atoms with Crippen molar-refractivity contribution in [3.05, 3.63) is 65.7 Å². The van der Waals surface area contributed by atoms with E-state index < -0.39 is 11.6 Å². The Morgan fingerprint density at radius 1 is 0.923 bits per heavy atom. The van der Waals surface area contributed by atoms with Crippen molar-refractivity contribution in [2.75, 3.05) is 20.2 Å². The van der Waals surface area contributed by atoms with Crippen molar-refractivity contribution in [3.8, 4) is 5.75 Å². The van der Waals surface area contributed by atoms with Crippen molar-refractivity contribution in [1.82, 2.24) is 15.5 Å². The van der Waals surface area contributed by atoms with Gasteiger partial charge in [-0.15, -0.1) is 0 Å². The van der Waals surface area contributed by atoms with Gasteiger partial charge in [-0.25, -0.2) is 0 Å². The Balaban J connectivity index is 2.17. The molecule has 0 heterocycles. The molecule has 2 aromatic carbocycles. The topological polar surface area (TPSA) is 90.9 Å². The molecular weight excluding hydrogens is 490 g/mol. The number of hydrogen-bond acceptors (Lipinski definition) is 5. The van der Waals surface area contributed by atoms with Crippen LogP contribution in [0.25, 0.3) is 0 Å². The predicted octanol–water partition coefficient (Wildman–Crippen LogP) is 4.57. The zero-order chi connectivity index (χ0) is 29.0. The molecular formula is C32H49N3O4. The van der Waals surface area contributed by atoms with E-state index in [-0.39, 0.29) is 24.5 Å². The number of ether oxygens (including phenoxy) is 1. The second kappa shape index (κ2) is 15.6. The molecule has 3 N–H and O–H groups in total. The largest absolute Gasteiger partial charge is 0.489 e. The first kappa shape index (κ1) is 32.3. The van der Waals surface area contributed by atoms with Gasteiger partial charge in [0.05, 0.1) is 18.2 Å². The summed E-state index contributed by atoms with van der Waals surface area (Å²) in [4.78, 5) is 29.0. The minimum Gasteiger partial charge on any atom is -0.489 e. The van der Waals surface area contributed by atoms with Gasteiger partial charge in [-0.3, -0.25) is 14.5 Å². The van der Waals surface area contributed by atoms with Crippen LogP contribution in [0.3, 0.4) is 0 Å². The van der Waals surface area contributed by atoms with Crippen LogP contribution in [0.15, 0.2) is 54.6 Å². The Morgan fingerprint density at radius 2 is 1.56 bits per heavy atom. The van der Waals surface area contributed by atoms with Gasteiger partial charge < -0.3 is 20.5 Å². The summed E-state index contributed by atoms with van der Waals surface area (Å²) in [5.41, 5.74) is 1.18. The average molecular weight is 540 g/mol. The summed E-state index contributed by atoms with van der Waals surface area (Å²) >= 11 is 0. The predicted molar refractivity (Wildman–Crippen MR) is 157 cm³/mol. The molecule has 0 saturated heterocycles. The van der Waals surface area contributed by atoms with Crippen LogP contribution < -0.4 is 15.4 Å². The lowest BCUT2D eigenvalue weighted by Crippen LogP contribution is -2.58. The number of nitrogens with zero attached hydrogens (tertiary/aromatic N) is 1. The quantitative estimate of drug-likeness (QED) is 0.291. The number of carbonyl (C=O) groups excluding carboxylic acids is 2. The van der Waals surface area contributed by atoms with Crippen molar-refractivity contribution in [1.29, 1.82) is 0 Å². The normalized spacial score (nSPS) is 13.4. The van der Waals surface area contributed by atoms with Gasteiger partial charge in [-0.05, 0) is 75.4 Å². The lowest BCUT2D eigenvalue weighted by molar-refractivity contribution is -0.133. The highest BCUT2D eigenvalue weighted by molar-refractivity contribution is 5.90. The molecule has 0 aliphatic heterocycles. The Morgan fingerprint density at radius 3 is 2.13 bits per heavy atom. The maximum absolute atomic E-state index is 13.6. The molecule has 0 radical (unpaired) electrons. The highest BCUT2D eigenvalue weighted by Gasteiger charge is 2.31. The first-order chi connectivity index (χ1) is 18.4. The molecule has 2 atom stereocenters. The molecule has 0 aliphatic carbocycles. The highest BCUT2D eigenvalue weighted by atomic mass is 16.5. The second-order valence-corrected chi connectivity index (χ2v) is 12.0. The van der Waals surface area contributed by atoms with E-state index in [0.717, 1.165) is 29.8 Å². The van der Waals surface area contributed by atoms with Crippen molar-refractivity contribution in [2.45, 2.75) is 85.0 Å². The molecule has 2 aromatic rings. The Bertz CT molecular complexity index is 1010. The van der Waals surface area contributed by atoms with E-state index in [1.54, 1.807) is 13.8 Å². The number of hydrogen-bond donors (Lipinski definition) is 3. The summed E-state index contributed by atoms with van der Waals surface area (Å²) < 4.78 is 5.90. The third-order valence-corrected chi connectivity index (χ3v) is 6.69. The minimum atomic E-state index is -0.805. The van der Waals surface area contributed by atoms with E-state index in [0.29, 0.717) is 31.3 Å². The van der Waals surface area contributed by atoms with Crippen LogP contribution in [0.5, 0.6) is 5.75 Å². The maximum Gasteiger partial charge on any atom is 0.243 e. The van der Waals surface area contributed by atoms with Gasteiger partial charge in [0.2, 0.25) is 11.8 Å². The lowest BCUT2D eigenvalue weighted by Gasteiger charge is -2.32. The molecule has 7 heteroatoms. The first-order valence-corrected chi connectivity index (χ1v) is 14.1. The number of aliphatic hydroxyl groups is 1. The van der Waals surface area contributed by atoms with Gasteiger partial charge >= 0.3 is 0 Å². The molecule has 0 spiro atoms. The van der Waals surface area contributed by atoms with Crippen LogP contribution in [-0.4, -0.2) is 59.6 Å². The van der Waals surface area contributed by atoms with Crippen molar-refractivity contribution >= 4 is 11.8 Å². The smallest absolute Gasteiger partial charge is 0.243 e. The highest BCUT2D eigenvalue weighted by Crippen LogP contribution is 2.17. The van der Waals surface area contributed by atoms with Crippen LogP contribution in [0.2, 0.25) is 0 Å². The van der Waals surface area contributed by atoms with E-state index in [1.165, 1.54) is 0 Å². The number of carbonyl (C=O) groups is 2. The van der Waals surface area contributed by atoms with Gasteiger partial charge in [-0.2, -0.15) is 0 Å². The number of aliphatic hydroxyl groups excluding tert-OH is 1. The van der Waals surface area contributed by atoms with Gasteiger partial charge in [0.15, 0.2) is 0 Å². The van der Waals surface area contributed by atoms with Gasteiger partial charge in [0.1, 0.15) is 18.4 Å². The summed E-state index contributed by atoms with van der Waals surface area (Å²) in [5, 5.41) is 15.6. The van der Waals surface area contributed by atoms with Gasteiger partial charge in [0.25, 0.3) is 0 Å². The zero-order valence-corrected chi connectivity index (χ0v) is 24.9. The Kier molecular flexibility index (Phi) is 13.0. The molecule has 39 heavy (non-hydrogen) atoms. The standard InChI is InChI=1S/C32H49N3O4/c1-23(2)17-18-35(7)29(19-24(3)4)31(38)33-28(30(37)34-32(5,6)22-36)20-25-13-15-27(16-14-25)39-21-26-11-9-8-10-12-26/h8-16,23-24,28-29,36H,17-22H2,1-7H3,(H,33,38)(H,34,37). The SMILES string of the molecule is CC(C)CCN(C)C(CC(C)C)C(=O)NC(Cc1ccc(OCc2ccccc2)cc1)C(=O)NC(C)(C)CO. The molecule has 0 saturated carbocycles. The van der Waals surface area contributed by atoms with Crippen LogP contribution >= 0.6 is 0 Å². The summed E-state index contributed by atoms with van der Waals surface area (Å²) in [7, 11) is 1.98. The molecule has 0 fully saturated rings. The summed E-state index contributed by atoms with van der Waals surface area (Å²) in [5.74, 6) is 1.12. The number of amides is 2. The summed E-state index contributed by atoms with van der Waals surface area (Å²) in [6, 6.07) is 16.4. The van der Waals surface area contributed by atoms with E-state index >= 15 is 0 Å². The summed E-state index contributed by atoms with van der Waals surface area (Å²) in [6.07, 6.45) is 2.01. The molecule has 0 aliphatic rings. The fraction of sp³-hybridized carbons (Fsp3) is 0.562. The van der Waals surface area contributed by atoms with E-state index in [2.05, 4.69) is 43.2 Å². The first-order valence-electron chi connectivity index (χ1n) is 14.1. The number of benzene rings is 2. The van der Waals surface area contributed by atoms with Crippen molar-refractivity contribution in [2.24, 2.45) is 11.8 Å².